The number of carbonyl (C=O) groups is 1. The fourth-order valence-corrected chi connectivity index (χ4v) is 4.59. The monoisotopic (exact) mass is 466 g/mol. The summed E-state index contributed by atoms with van der Waals surface area (Å²) in [5, 5.41) is 0.981. The first-order chi connectivity index (χ1) is 17.2. The number of methoxy groups -OCH3 is 1. The van der Waals surface area contributed by atoms with Crippen molar-refractivity contribution in [2.45, 2.75) is 25.8 Å². The number of hydrogen-bond donors (Lipinski definition) is 0. The lowest BCUT2D eigenvalue weighted by molar-refractivity contribution is -0.129. The highest BCUT2D eigenvalue weighted by molar-refractivity contribution is 5.91. The van der Waals surface area contributed by atoms with Gasteiger partial charge in [0.1, 0.15) is 11.6 Å². The molecule has 2 heterocycles. The Kier molecular flexibility index (Phi) is 6.89. The number of anilines is 1. The normalized spacial score (nSPS) is 13.2. The number of ether oxygens (including phenoxy) is 1. The molecule has 6 heteroatoms. The topological polar surface area (TPSA) is 58.6 Å². The van der Waals surface area contributed by atoms with Crippen LogP contribution in [0, 0.1) is 0 Å². The van der Waals surface area contributed by atoms with E-state index in [-0.39, 0.29) is 5.91 Å². The Morgan fingerprint density at radius 3 is 2.37 bits per heavy atom. The van der Waals surface area contributed by atoms with E-state index in [2.05, 4.69) is 23.1 Å². The van der Waals surface area contributed by atoms with Crippen LogP contribution in [0.3, 0.4) is 0 Å². The second-order valence-electron chi connectivity index (χ2n) is 8.86. The summed E-state index contributed by atoms with van der Waals surface area (Å²) in [5.74, 6) is 2.51. The maximum atomic E-state index is 12.9. The quantitative estimate of drug-likeness (QED) is 0.352. The first kappa shape index (κ1) is 22.8. The third-order valence-corrected chi connectivity index (χ3v) is 6.50. The van der Waals surface area contributed by atoms with Gasteiger partial charge < -0.3 is 14.5 Å². The molecule has 3 aromatic carbocycles. The molecule has 1 aromatic heterocycles. The minimum absolute atomic E-state index is 0.217. The number of rotatable bonds is 8. The van der Waals surface area contributed by atoms with Gasteiger partial charge in [-0.3, -0.25) is 4.79 Å². The Bertz CT molecular complexity index is 1290. The summed E-state index contributed by atoms with van der Waals surface area (Å²) in [6.07, 6.45) is 2.66. The van der Waals surface area contributed by atoms with Gasteiger partial charge in [0.25, 0.3) is 0 Å². The molecule has 5 rings (SSSR count). The third-order valence-electron chi connectivity index (χ3n) is 6.50. The molecule has 0 aliphatic carbocycles. The van der Waals surface area contributed by atoms with Gasteiger partial charge in [-0.1, -0.05) is 42.5 Å². The number of aromatic nitrogens is 2. The number of benzene rings is 3. The van der Waals surface area contributed by atoms with Crippen LogP contribution in [-0.2, 0) is 11.3 Å². The molecule has 1 fully saturated rings. The van der Waals surface area contributed by atoms with Crippen molar-refractivity contribution in [3.8, 4) is 17.1 Å². The van der Waals surface area contributed by atoms with E-state index in [1.807, 2.05) is 65.6 Å². The number of nitrogens with zero attached hydrogens (tertiary/aromatic N) is 4. The third kappa shape index (κ3) is 5.27. The predicted molar refractivity (Wildman–Crippen MR) is 139 cm³/mol. The van der Waals surface area contributed by atoms with Gasteiger partial charge in [0.2, 0.25) is 5.91 Å². The second-order valence-corrected chi connectivity index (χ2v) is 8.86. The summed E-state index contributed by atoms with van der Waals surface area (Å²) in [4.78, 5) is 27.0. The average molecular weight is 467 g/mol. The predicted octanol–water partition coefficient (Wildman–Crippen LogP) is 5.32. The molecule has 35 heavy (non-hydrogen) atoms. The van der Waals surface area contributed by atoms with Crippen LogP contribution in [-0.4, -0.2) is 47.5 Å². The largest absolute Gasteiger partial charge is 0.497 e. The molecule has 178 valence electrons. The zero-order chi connectivity index (χ0) is 24.0. The highest BCUT2D eigenvalue weighted by Crippen LogP contribution is 2.29. The average Bonchev–Trinajstić information content (AvgIpc) is 3.46. The van der Waals surface area contributed by atoms with E-state index in [1.54, 1.807) is 7.11 Å². The van der Waals surface area contributed by atoms with Gasteiger partial charge in [-0.25, -0.2) is 9.97 Å². The van der Waals surface area contributed by atoms with Crippen molar-refractivity contribution in [2.24, 2.45) is 0 Å². The number of carbonyl (C=O) groups excluding carboxylic acids is 1. The molecule has 0 radical (unpaired) electrons. The number of fused-ring (bicyclic) bond motifs is 1. The second kappa shape index (κ2) is 10.6. The summed E-state index contributed by atoms with van der Waals surface area (Å²) in [7, 11) is 1.66. The van der Waals surface area contributed by atoms with Crippen molar-refractivity contribution in [1.29, 1.82) is 0 Å². The lowest BCUT2D eigenvalue weighted by Gasteiger charge is -2.26. The SMILES string of the molecule is COc1ccc(-c2nc(N(CCC(=O)N3CCCC3)Cc3ccccc3)c3ccccc3n2)cc1. The molecule has 1 aliphatic rings. The first-order valence-electron chi connectivity index (χ1n) is 12.2. The van der Waals surface area contributed by atoms with Gasteiger partial charge in [0.05, 0.1) is 12.6 Å². The zero-order valence-electron chi connectivity index (χ0n) is 20.1. The smallest absolute Gasteiger partial charge is 0.224 e. The van der Waals surface area contributed by atoms with E-state index in [0.29, 0.717) is 25.3 Å². The Labute approximate surface area is 206 Å². The van der Waals surface area contributed by atoms with Crippen LogP contribution in [0.2, 0.25) is 0 Å². The summed E-state index contributed by atoms with van der Waals surface area (Å²) in [6, 6.07) is 26.2. The van der Waals surface area contributed by atoms with Gasteiger partial charge in [-0.15, -0.1) is 0 Å². The van der Waals surface area contributed by atoms with Gasteiger partial charge in [0, 0.05) is 43.5 Å². The van der Waals surface area contributed by atoms with Crippen molar-refractivity contribution < 1.29 is 9.53 Å². The molecule has 1 amide bonds. The van der Waals surface area contributed by atoms with Crippen LogP contribution in [0.4, 0.5) is 5.82 Å². The number of likely N-dealkylation sites (tertiary alicyclic amines) is 1. The van der Waals surface area contributed by atoms with Gasteiger partial charge >= 0.3 is 0 Å². The molecule has 0 unspecified atom stereocenters. The maximum Gasteiger partial charge on any atom is 0.224 e. The lowest BCUT2D eigenvalue weighted by Crippen LogP contribution is -2.33. The molecular formula is C29H30N4O2. The van der Waals surface area contributed by atoms with E-state index < -0.39 is 0 Å². The summed E-state index contributed by atoms with van der Waals surface area (Å²) >= 11 is 0. The van der Waals surface area contributed by atoms with Crippen LogP contribution in [0.5, 0.6) is 5.75 Å². The van der Waals surface area contributed by atoms with Gasteiger partial charge in [-0.2, -0.15) is 0 Å². The molecule has 1 saturated heterocycles. The minimum atomic E-state index is 0.217. The van der Waals surface area contributed by atoms with Crippen LogP contribution in [0.15, 0.2) is 78.9 Å². The Morgan fingerprint density at radius 1 is 0.914 bits per heavy atom. The standard InChI is InChI=1S/C29H30N4O2/c1-35-24-15-13-23(14-16-24)28-30-26-12-6-5-11-25(26)29(31-28)33(21-22-9-3-2-4-10-22)20-17-27(34)32-18-7-8-19-32/h2-6,9-16H,7-8,17-21H2,1H3. The van der Waals surface area contributed by atoms with Crippen molar-refractivity contribution in [3.05, 3.63) is 84.4 Å². The highest BCUT2D eigenvalue weighted by atomic mass is 16.5. The van der Waals surface area contributed by atoms with Crippen molar-refractivity contribution in [1.82, 2.24) is 14.9 Å². The zero-order valence-corrected chi connectivity index (χ0v) is 20.1. The van der Waals surface area contributed by atoms with E-state index in [9.17, 15) is 4.79 Å². The molecule has 0 bridgehead atoms. The Morgan fingerprint density at radius 2 is 1.63 bits per heavy atom. The van der Waals surface area contributed by atoms with Gasteiger partial charge in [0.15, 0.2) is 5.82 Å². The van der Waals surface area contributed by atoms with Crippen molar-refractivity contribution in [3.63, 3.8) is 0 Å². The van der Waals surface area contributed by atoms with E-state index in [4.69, 9.17) is 14.7 Å². The minimum Gasteiger partial charge on any atom is -0.497 e. The fraction of sp³-hybridized carbons (Fsp3) is 0.276. The molecule has 0 N–H and O–H groups in total. The van der Waals surface area contributed by atoms with Gasteiger partial charge in [-0.05, 0) is 54.8 Å². The Hall–Kier alpha value is -3.93. The number of amides is 1. The van der Waals surface area contributed by atoms with Crippen LogP contribution in [0.1, 0.15) is 24.8 Å². The summed E-state index contributed by atoms with van der Waals surface area (Å²) in [5.41, 5.74) is 2.98. The number of hydrogen-bond acceptors (Lipinski definition) is 5. The van der Waals surface area contributed by atoms with E-state index >= 15 is 0 Å². The van der Waals surface area contributed by atoms with Crippen molar-refractivity contribution >= 4 is 22.6 Å². The molecule has 0 saturated carbocycles. The molecule has 1 aliphatic heterocycles. The van der Waals surface area contributed by atoms with E-state index in [0.717, 1.165) is 54.0 Å². The lowest BCUT2D eigenvalue weighted by atomic mass is 10.1. The molecule has 6 nitrogen and oxygen atoms in total. The molecule has 4 aromatic rings. The number of para-hydroxylation sites is 1. The Balaban J connectivity index is 1.53. The van der Waals surface area contributed by atoms with Crippen molar-refractivity contribution in [2.75, 3.05) is 31.6 Å². The first-order valence-corrected chi connectivity index (χ1v) is 12.2. The molecule has 0 spiro atoms. The molecular weight excluding hydrogens is 436 g/mol. The van der Waals surface area contributed by atoms with Crippen LogP contribution < -0.4 is 9.64 Å². The summed E-state index contributed by atoms with van der Waals surface area (Å²) in [6.45, 7) is 3.00. The summed E-state index contributed by atoms with van der Waals surface area (Å²) < 4.78 is 5.32. The van der Waals surface area contributed by atoms with Crippen LogP contribution >= 0.6 is 0 Å². The van der Waals surface area contributed by atoms with Crippen LogP contribution in [0.25, 0.3) is 22.3 Å². The molecule has 0 atom stereocenters. The van der Waals surface area contributed by atoms with E-state index in [1.165, 1.54) is 5.56 Å². The highest BCUT2D eigenvalue weighted by Gasteiger charge is 2.21. The maximum absolute atomic E-state index is 12.9. The fourth-order valence-electron chi connectivity index (χ4n) is 4.59.